The highest BCUT2D eigenvalue weighted by Crippen LogP contribution is 2.33. The van der Waals surface area contributed by atoms with Crippen molar-refractivity contribution >= 4 is 28.9 Å². The Morgan fingerprint density at radius 1 is 1.23 bits per heavy atom. The van der Waals surface area contributed by atoms with Gasteiger partial charge in [0.2, 0.25) is 0 Å². The summed E-state index contributed by atoms with van der Waals surface area (Å²) in [4.78, 5) is 12.7. The Morgan fingerprint density at radius 2 is 2.12 bits per heavy atom. The van der Waals surface area contributed by atoms with Gasteiger partial charge in [0.1, 0.15) is 0 Å². The molecule has 0 saturated heterocycles. The number of carbonyl (C=O) groups is 1. The van der Waals surface area contributed by atoms with Gasteiger partial charge in [-0.3, -0.25) is 9.48 Å². The molecule has 132 valence electrons. The minimum atomic E-state index is -0.0763. The Morgan fingerprint density at radius 3 is 2.92 bits per heavy atom. The highest BCUT2D eigenvalue weighted by molar-refractivity contribution is 6.30. The second-order valence-electron chi connectivity index (χ2n) is 6.52. The summed E-state index contributed by atoms with van der Waals surface area (Å²) in [5.74, 6) is -0.0763. The van der Waals surface area contributed by atoms with Crippen LogP contribution in [0.25, 0.3) is 0 Å². The minimum Gasteiger partial charge on any atom is -0.353 e. The van der Waals surface area contributed by atoms with E-state index < -0.39 is 0 Å². The van der Waals surface area contributed by atoms with Gasteiger partial charge >= 0.3 is 0 Å². The molecule has 0 fully saturated rings. The number of aromatic nitrogens is 2. The van der Waals surface area contributed by atoms with Gasteiger partial charge in [-0.05, 0) is 54.3 Å². The van der Waals surface area contributed by atoms with Crippen molar-refractivity contribution in [1.82, 2.24) is 15.1 Å². The first-order valence-electron chi connectivity index (χ1n) is 8.53. The average Bonchev–Trinajstić information content (AvgIpc) is 3.21. The molecule has 0 radical (unpaired) electrons. The van der Waals surface area contributed by atoms with E-state index in [1.165, 1.54) is 5.56 Å². The molecule has 1 aliphatic rings. The average molecular weight is 367 g/mol. The minimum absolute atomic E-state index is 0.0321. The first kappa shape index (κ1) is 16.7. The van der Waals surface area contributed by atoms with Crippen LogP contribution >= 0.6 is 11.6 Å². The number of carbonyl (C=O) groups excluding carboxylic acids is 1. The van der Waals surface area contributed by atoms with Crippen LogP contribution in [0.2, 0.25) is 5.02 Å². The maximum Gasteiger partial charge on any atom is 0.251 e. The molecular weight excluding hydrogens is 348 g/mol. The number of aryl methyl sites for hydroxylation is 2. The molecule has 6 heteroatoms. The smallest absolute Gasteiger partial charge is 0.251 e. The standard InChI is InChI=1S/C20H19ClN4O/c1-25-12-17(11-22-25)23-16-4-2-3-14(10-16)20(26)24-19-8-5-13-9-15(21)6-7-18(13)19/h2-4,6-7,9-12,19,23H,5,8H2,1H3,(H,24,26)/t19-/m1/s1. The van der Waals surface area contributed by atoms with Crippen molar-refractivity contribution in [2.75, 3.05) is 5.32 Å². The number of hydrogen-bond acceptors (Lipinski definition) is 3. The van der Waals surface area contributed by atoms with Crippen molar-refractivity contribution in [2.24, 2.45) is 7.05 Å². The normalized spacial score (nSPS) is 15.5. The van der Waals surface area contributed by atoms with Crippen molar-refractivity contribution in [3.8, 4) is 0 Å². The van der Waals surface area contributed by atoms with Crippen LogP contribution < -0.4 is 10.6 Å². The van der Waals surface area contributed by atoms with Gasteiger partial charge in [-0.25, -0.2) is 0 Å². The quantitative estimate of drug-likeness (QED) is 0.726. The maximum atomic E-state index is 12.7. The van der Waals surface area contributed by atoms with Crippen LogP contribution in [0.4, 0.5) is 11.4 Å². The van der Waals surface area contributed by atoms with E-state index in [1.54, 1.807) is 10.9 Å². The number of hydrogen-bond donors (Lipinski definition) is 2. The van der Waals surface area contributed by atoms with Crippen molar-refractivity contribution in [2.45, 2.75) is 18.9 Å². The molecule has 1 amide bonds. The van der Waals surface area contributed by atoms with Gasteiger partial charge in [-0.15, -0.1) is 0 Å². The molecule has 2 aromatic carbocycles. The summed E-state index contributed by atoms with van der Waals surface area (Å²) >= 11 is 6.06. The fourth-order valence-corrected chi connectivity index (χ4v) is 3.56. The lowest BCUT2D eigenvalue weighted by atomic mass is 10.1. The molecule has 1 atom stereocenters. The Labute approximate surface area is 157 Å². The number of amides is 1. The predicted octanol–water partition coefficient (Wildman–Crippen LogP) is 4.23. The molecule has 5 nitrogen and oxygen atoms in total. The van der Waals surface area contributed by atoms with Gasteiger partial charge in [-0.1, -0.05) is 23.7 Å². The van der Waals surface area contributed by atoms with Crippen molar-refractivity contribution in [1.29, 1.82) is 0 Å². The lowest BCUT2D eigenvalue weighted by molar-refractivity contribution is 0.0937. The summed E-state index contributed by atoms with van der Waals surface area (Å²) in [6.45, 7) is 0. The molecular formula is C20H19ClN4O. The molecule has 2 N–H and O–H groups in total. The zero-order valence-electron chi connectivity index (χ0n) is 14.4. The van der Waals surface area contributed by atoms with Crippen LogP contribution in [0.3, 0.4) is 0 Å². The summed E-state index contributed by atoms with van der Waals surface area (Å²) in [5, 5.41) is 11.3. The van der Waals surface area contributed by atoms with Crippen molar-refractivity contribution in [3.63, 3.8) is 0 Å². The Kier molecular flexibility index (Phi) is 4.39. The van der Waals surface area contributed by atoms with Crippen LogP contribution in [0, 0.1) is 0 Å². The zero-order chi connectivity index (χ0) is 18.1. The lowest BCUT2D eigenvalue weighted by Crippen LogP contribution is -2.27. The van der Waals surface area contributed by atoms with E-state index in [1.807, 2.05) is 55.7 Å². The van der Waals surface area contributed by atoms with E-state index in [2.05, 4.69) is 15.7 Å². The fourth-order valence-electron chi connectivity index (χ4n) is 3.37. The molecule has 0 bridgehead atoms. The number of anilines is 2. The van der Waals surface area contributed by atoms with E-state index in [4.69, 9.17) is 11.6 Å². The van der Waals surface area contributed by atoms with Gasteiger partial charge in [-0.2, -0.15) is 5.10 Å². The van der Waals surface area contributed by atoms with Gasteiger partial charge < -0.3 is 10.6 Å². The molecule has 0 saturated carbocycles. The van der Waals surface area contributed by atoms with E-state index in [0.717, 1.165) is 34.8 Å². The first-order chi connectivity index (χ1) is 12.6. The molecule has 0 spiro atoms. The zero-order valence-corrected chi connectivity index (χ0v) is 15.1. The van der Waals surface area contributed by atoms with E-state index in [0.29, 0.717) is 5.56 Å². The largest absolute Gasteiger partial charge is 0.353 e. The number of fused-ring (bicyclic) bond motifs is 1. The molecule has 1 aliphatic carbocycles. The summed E-state index contributed by atoms with van der Waals surface area (Å²) in [5.41, 5.74) is 4.74. The predicted molar refractivity (Wildman–Crippen MR) is 103 cm³/mol. The monoisotopic (exact) mass is 366 g/mol. The number of nitrogens with zero attached hydrogens (tertiary/aromatic N) is 2. The van der Waals surface area contributed by atoms with Gasteiger partial charge in [0.05, 0.1) is 17.9 Å². The lowest BCUT2D eigenvalue weighted by Gasteiger charge is -2.15. The third-order valence-corrected chi connectivity index (χ3v) is 4.84. The number of nitrogens with one attached hydrogen (secondary N) is 2. The molecule has 4 rings (SSSR count). The first-order valence-corrected chi connectivity index (χ1v) is 8.91. The summed E-state index contributed by atoms with van der Waals surface area (Å²) in [6, 6.07) is 13.4. The third-order valence-electron chi connectivity index (χ3n) is 4.61. The molecule has 3 aromatic rings. The van der Waals surface area contributed by atoms with E-state index >= 15 is 0 Å². The van der Waals surface area contributed by atoms with Crippen LogP contribution in [-0.4, -0.2) is 15.7 Å². The Balaban J connectivity index is 1.48. The Hall–Kier alpha value is -2.79. The van der Waals surface area contributed by atoms with Crippen LogP contribution in [0.15, 0.2) is 54.9 Å². The van der Waals surface area contributed by atoms with Gasteiger partial charge in [0, 0.05) is 29.5 Å². The molecule has 26 heavy (non-hydrogen) atoms. The molecule has 1 aromatic heterocycles. The van der Waals surface area contributed by atoms with Crippen LogP contribution in [0.1, 0.15) is 33.9 Å². The van der Waals surface area contributed by atoms with Crippen molar-refractivity contribution < 1.29 is 4.79 Å². The fraction of sp³-hybridized carbons (Fsp3) is 0.200. The molecule has 1 heterocycles. The topological polar surface area (TPSA) is 59.0 Å². The van der Waals surface area contributed by atoms with Crippen molar-refractivity contribution in [3.05, 3.63) is 76.6 Å². The van der Waals surface area contributed by atoms with E-state index in [9.17, 15) is 4.79 Å². The van der Waals surface area contributed by atoms with Gasteiger partial charge in [0.25, 0.3) is 5.91 Å². The van der Waals surface area contributed by atoms with E-state index in [-0.39, 0.29) is 11.9 Å². The van der Waals surface area contributed by atoms with Crippen LogP contribution in [-0.2, 0) is 13.5 Å². The molecule has 0 unspecified atom stereocenters. The highest BCUT2D eigenvalue weighted by Gasteiger charge is 2.24. The number of halogens is 1. The SMILES string of the molecule is Cn1cc(Nc2cccc(C(=O)N[C@@H]3CCc4cc(Cl)ccc43)c2)cn1. The summed E-state index contributed by atoms with van der Waals surface area (Å²) in [6.07, 6.45) is 5.46. The highest BCUT2D eigenvalue weighted by atomic mass is 35.5. The maximum absolute atomic E-state index is 12.7. The third kappa shape index (κ3) is 3.44. The Bertz CT molecular complexity index is 966. The molecule has 0 aliphatic heterocycles. The number of benzene rings is 2. The number of rotatable bonds is 4. The summed E-state index contributed by atoms with van der Waals surface area (Å²) < 4.78 is 1.72. The van der Waals surface area contributed by atoms with Crippen LogP contribution in [0.5, 0.6) is 0 Å². The second kappa shape index (κ2) is 6.84. The van der Waals surface area contributed by atoms with Gasteiger partial charge in [0.15, 0.2) is 0 Å². The summed E-state index contributed by atoms with van der Waals surface area (Å²) in [7, 11) is 1.86. The second-order valence-corrected chi connectivity index (χ2v) is 6.95.